The van der Waals surface area contributed by atoms with Crippen LogP contribution in [0.1, 0.15) is 31.4 Å². The van der Waals surface area contributed by atoms with Crippen LogP contribution in [0.25, 0.3) is 0 Å². The van der Waals surface area contributed by atoms with Crippen LogP contribution in [0, 0.1) is 0 Å². The van der Waals surface area contributed by atoms with E-state index < -0.39 is 5.60 Å². The summed E-state index contributed by atoms with van der Waals surface area (Å²) in [5.74, 6) is -0.127. The monoisotopic (exact) mass is 280 g/mol. The molecule has 0 aliphatic rings. The molecule has 0 heterocycles. The van der Waals surface area contributed by atoms with Gasteiger partial charge >= 0.3 is 0 Å². The maximum absolute atomic E-state index is 12.0. The van der Waals surface area contributed by atoms with Gasteiger partial charge in [-0.3, -0.25) is 4.79 Å². The van der Waals surface area contributed by atoms with Crippen LogP contribution >= 0.6 is 12.2 Å². The van der Waals surface area contributed by atoms with E-state index in [2.05, 4.69) is 5.32 Å². The van der Waals surface area contributed by atoms with E-state index in [-0.39, 0.29) is 5.91 Å². The van der Waals surface area contributed by atoms with Crippen LogP contribution in [0.5, 0.6) is 0 Å². The Hall–Kier alpha value is -1.46. The second kappa shape index (κ2) is 6.63. The zero-order chi connectivity index (χ0) is 14.5. The van der Waals surface area contributed by atoms with Gasteiger partial charge in [0.05, 0.1) is 0 Å². The Morgan fingerprint density at radius 2 is 2.21 bits per heavy atom. The van der Waals surface area contributed by atoms with Gasteiger partial charge < -0.3 is 15.8 Å². The van der Waals surface area contributed by atoms with Crippen molar-refractivity contribution in [3.8, 4) is 0 Å². The fourth-order valence-electron chi connectivity index (χ4n) is 1.60. The third kappa shape index (κ3) is 4.01. The molecule has 0 aliphatic heterocycles. The van der Waals surface area contributed by atoms with Gasteiger partial charge in [0.1, 0.15) is 10.6 Å². The number of carbonyl (C=O) groups is 1. The van der Waals surface area contributed by atoms with Gasteiger partial charge in [0, 0.05) is 19.2 Å². The molecule has 5 heteroatoms. The predicted octanol–water partition coefficient (Wildman–Crippen LogP) is 1.75. The predicted molar refractivity (Wildman–Crippen MR) is 79.9 cm³/mol. The van der Waals surface area contributed by atoms with E-state index in [0.717, 1.165) is 11.1 Å². The van der Waals surface area contributed by atoms with Crippen LogP contribution in [-0.4, -0.2) is 23.6 Å². The fraction of sp³-hybridized carbons (Fsp3) is 0.429. The topological polar surface area (TPSA) is 64.3 Å². The van der Waals surface area contributed by atoms with Crippen molar-refractivity contribution in [1.29, 1.82) is 0 Å². The van der Waals surface area contributed by atoms with E-state index in [0.29, 0.717) is 18.0 Å². The number of nitrogens with two attached hydrogens (primary N) is 1. The molecule has 0 saturated carbocycles. The zero-order valence-electron chi connectivity index (χ0n) is 11.5. The van der Waals surface area contributed by atoms with Crippen molar-refractivity contribution in [3.63, 3.8) is 0 Å². The minimum Gasteiger partial charge on any atom is -0.389 e. The van der Waals surface area contributed by atoms with Crippen molar-refractivity contribution in [3.05, 3.63) is 35.4 Å². The van der Waals surface area contributed by atoms with Crippen LogP contribution in [-0.2, 0) is 16.1 Å². The molecule has 0 radical (unpaired) electrons. The second-order valence-corrected chi connectivity index (χ2v) is 4.98. The molecule has 104 valence electrons. The molecule has 0 bridgehead atoms. The van der Waals surface area contributed by atoms with Crippen LogP contribution in [0.4, 0.5) is 0 Å². The smallest absolute Gasteiger partial charge is 0.252 e. The molecule has 4 nitrogen and oxygen atoms in total. The first kappa shape index (κ1) is 15.6. The number of amides is 1. The number of hydrogen-bond acceptors (Lipinski definition) is 3. The molecule has 1 rings (SSSR count). The Kier molecular flexibility index (Phi) is 5.44. The van der Waals surface area contributed by atoms with Crippen molar-refractivity contribution < 1.29 is 9.53 Å². The van der Waals surface area contributed by atoms with Crippen molar-refractivity contribution >= 4 is 23.1 Å². The van der Waals surface area contributed by atoms with E-state index >= 15 is 0 Å². The maximum atomic E-state index is 12.0. The summed E-state index contributed by atoms with van der Waals surface area (Å²) in [5.41, 5.74) is 6.53. The first-order valence-electron chi connectivity index (χ1n) is 6.15. The molecule has 0 spiro atoms. The first-order valence-corrected chi connectivity index (χ1v) is 6.56. The Balaban J connectivity index is 2.69. The SMILES string of the molecule is CCC(C)(OC)C(=O)NCc1cccc(C(N)=S)c1. The number of rotatable bonds is 6. The van der Waals surface area contributed by atoms with Gasteiger partial charge in [-0.25, -0.2) is 0 Å². The molecule has 1 aromatic carbocycles. The number of nitrogens with one attached hydrogen (secondary N) is 1. The maximum Gasteiger partial charge on any atom is 0.252 e. The first-order chi connectivity index (χ1) is 8.92. The molecule has 1 unspecified atom stereocenters. The van der Waals surface area contributed by atoms with E-state index in [1.54, 1.807) is 6.92 Å². The standard InChI is InChI=1S/C14H20N2O2S/c1-4-14(2,18-3)13(17)16-9-10-6-5-7-11(8-10)12(15)19/h5-8H,4,9H2,1-3H3,(H2,15,19)(H,16,17). The minimum atomic E-state index is -0.791. The third-order valence-corrected chi connectivity index (χ3v) is 3.51. The summed E-state index contributed by atoms with van der Waals surface area (Å²) in [4.78, 5) is 12.4. The van der Waals surface area contributed by atoms with Gasteiger partial charge in [-0.2, -0.15) is 0 Å². The Bertz CT molecular complexity index is 470. The van der Waals surface area contributed by atoms with Crippen molar-refractivity contribution in [1.82, 2.24) is 5.32 Å². The number of thiocarbonyl (C=S) groups is 1. The third-order valence-electron chi connectivity index (χ3n) is 3.27. The average molecular weight is 280 g/mol. The van der Waals surface area contributed by atoms with E-state index in [1.807, 2.05) is 31.2 Å². The average Bonchev–Trinajstić information content (AvgIpc) is 2.44. The number of benzene rings is 1. The summed E-state index contributed by atoms with van der Waals surface area (Å²) in [6, 6.07) is 7.50. The molecular formula is C14H20N2O2S. The highest BCUT2D eigenvalue weighted by Gasteiger charge is 2.30. The lowest BCUT2D eigenvalue weighted by Gasteiger charge is -2.25. The normalized spacial score (nSPS) is 13.6. The lowest BCUT2D eigenvalue weighted by Crippen LogP contribution is -2.45. The Morgan fingerprint density at radius 1 is 1.53 bits per heavy atom. The molecule has 19 heavy (non-hydrogen) atoms. The Morgan fingerprint density at radius 3 is 2.74 bits per heavy atom. The molecule has 1 amide bonds. The number of methoxy groups -OCH3 is 1. The van der Waals surface area contributed by atoms with Crippen LogP contribution in [0.15, 0.2) is 24.3 Å². The van der Waals surface area contributed by atoms with Gasteiger partial charge in [0.25, 0.3) is 5.91 Å². The molecule has 0 saturated heterocycles. The highest BCUT2D eigenvalue weighted by atomic mass is 32.1. The number of hydrogen-bond donors (Lipinski definition) is 2. The zero-order valence-corrected chi connectivity index (χ0v) is 12.3. The highest BCUT2D eigenvalue weighted by molar-refractivity contribution is 7.80. The lowest BCUT2D eigenvalue weighted by molar-refractivity contribution is -0.142. The van der Waals surface area contributed by atoms with Crippen LogP contribution < -0.4 is 11.1 Å². The van der Waals surface area contributed by atoms with E-state index in [9.17, 15) is 4.79 Å². The molecule has 3 N–H and O–H groups in total. The summed E-state index contributed by atoms with van der Waals surface area (Å²) >= 11 is 4.92. The molecular weight excluding hydrogens is 260 g/mol. The molecule has 1 atom stereocenters. The summed E-state index contributed by atoms with van der Waals surface area (Å²) in [6.45, 7) is 4.11. The van der Waals surface area contributed by atoms with Crippen molar-refractivity contribution in [2.75, 3.05) is 7.11 Å². The van der Waals surface area contributed by atoms with Crippen LogP contribution in [0.3, 0.4) is 0 Å². The highest BCUT2D eigenvalue weighted by Crippen LogP contribution is 2.14. The minimum absolute atomic E-state index is 0.127. The number of ether oxygens (including phenoxy) is 1. The summed E-state index contributed by atoms with van der Waals surface area (Å²) in [5, 5.41) is 2.86. The molecule has 0 aromatic heterocycles. The quantitative estimate of drug-likeness (QED) is 0.779. The van der Waals surface area contributed by atoms with Gasteiger partial charge in [-0.05, 0) is 25.0 Å². The summed E-state index contributed by atoms with van der Waals surface area (Å²) in [6.07, 6.45) is 0.613. The molecule has 0 aliphatic carbocycles. The van der Waals surface area contributed by atoms with E-state index in [1.165, 1.54) is 7.11 Å². The van der Waals surface area contributed by atoms with Crippen molar-refractivity contribution in [2.24, 2.45) is 5.73 Å². The second-order valence-electron chi connectivity index (χ2n) is 4.54. The van der Waals surface area contributed by atoms with Crippen molar-refractivity contribution in [2.45, 2.75) is 32.4 Å². The van der Waals surface area contributed by atoms with Crippen LogP contribution in [0.2, 0.25) is 0 Å². The lowest BCUT2D eigenvalue weighted by atomic mass is 10.0. The summed E-state index contributed by atoms with van der Waals surface area (Å²) in [7, 11) is 1.54. The Labute approximate surface area is 119 Å². The van der Waals surface area contributed by atoms with Gasteiger partial charge in [0.2, 0.25) is 0 Å². The fourth-order valence-corrected chi connectivity index (χ4v) is 1.73. The molecule has 1 aromatic rings. The summed E-state index contributed by atoms with van der Waals surface area (Å²) < 4.78 is 5.25. The van der Waals surface area contributed by atoms with Gasteiger partial charge in [0.15, 0.2) is 0 Å². The largest absolute Gasteiger partial charge is 0.389 e. The van der Waals surface area contributed by atoms with Gasteiger partial charge in [-0.1, -0.05) is 37.3 Å². The van der Waals surface area contributed by atoms with E-state index in [4.69, 9.17) is 22.7 Å². The number of carbonyl (C=O) groups excluding carboxylic acids is 1. The van der Waals surface area contributed by atoms with Gasteiger partial charge in [-0.15, -0.1) is 0 Å². The molecule has 0 fully saturated rings.